The van der Waals surface area contributed by atoms with Crippen LogP contribution in [0, 0.1) is 16.7 Å². The molecule has 6 nitrogen and oxygen atoms in total. The summed E-state index contributed by atoms with van der Waals surface area (Å²) in [5, 5.41) is 3.10. The van der Waals surface area contributed by atoms with E-state index < -0.39 is 0 Å². The summed E-state index contributed by atoms with van der Waals surface area (Å²) in [4.78, 5) is 34.2. The van der Waals surface area contributed by atoms with E-state index in [1.54, 1.807) is 18.5 Å². The van der Waals surface area contributed by atoms with Gasteiger partial charge in [0.05, 0.1) is 11.0 Å². The van der Waals surface area contributed by atoms with E-state index in [2.05, 4.69) is 29.0 Å². The quantitative estimate of drug-likeness (QED) is 0.881. The molecule has 2 spiro atoms. The average Bonchev–Trinajstić information content (AvgIpc) is 3.17. The van der Waals surface area contributed by atoms with Crippen molar-refractivity contribution in [1.82, 2.24) is 20.1 Å². The first-order chi connectivity index (χ1) is 13.0. The SMILES string of the molecule is CC(C)CN1CC2(CCN(C(=O)c3cccnc3)CC2)C2(CCNC2=O)C1. The Bertz CT molecular complexity index is 712. The van der Waals surface area contributed by atoms with Crippen LogP contribution in [-0.4, -0.2) is 65.9 Å². The van der Waals surface area contributed by atoms with Crippen LogP contribution in [0.2, 0.25) is 0 Å². The Morgan fingerprint density at radius 2 is 2.04 bits per heavy atom. The Hall–Kier alpha value is -1.95. The normalized spacial score (nSPS) is 27.7. The molecule has 27 heavy (non-hydrogen) atoms. The zero-order chi connectivity index (χ0) is 19.1. The zero-order valence-corrected chi connectivity index (χ0v) is 16.4. The second-order valence-corrected chi connectivity index (χ2v) is 8.97. The van der Waals surface area contributed by atoms with Gasteiger partial charge in [0.25, 0.3) is 5.91 Å². The summed E-state index contributed by atoms with van der Waals surface area (Å²) in [6.45, 7) is 9.59. The summed E-state index contributed by atoms with van der Waals surface area (Å²) in [6.07, 6.45) is 6.06. The average molecular weight is 370 g/mol. The monoisotopic (exact) mass is 370 g/mol. The number of hydrogen-bond acceptors (Lipinski definition) is 4. The Kier molecular flexibility index (Phi) is 4.70. The number of pyridine rings is 1. The molecule has 4 heterocycles. The maximum Gasteiger partial charge on any atom is 0.255 e. The highest BCUT2D eigenvalue weighted by molar-refractivity contribution is 5.94. The summed E-state index contributed by atoms with van der Waals surface area (Å²) in [5.41, 5.74) is 0.370. The van der Waals surface area contributed by atoms with E-state index in [4.69, 9.17) is 0 Å². The Morgan fingerprint density at radius 3 is 2.63 bits per heavy atom. The third kappa shape index (κ3) is 3.04. The summed E-state index contributed by atoms with van der Waals surface area (Å²) < 4.78 is 0. The summed E-state index contributed by atoms with van der Waals surface area (Å²) in [5.74, 6) is 0.884. The summed E-state index contributed by atoms with van der Waals surface area (Å²) in [6, 6.07) is 3.63. The number of likely N-dealkylation sites (tertiary alicyclic amines) is 2. The fourth-order valence-electron chi connectivity index (χ4n) is 5.61. The number of aromatic nitrogens is 1. The van der Waals surface area contributed by atoms with Gasteiger partial charge in [-0.05, 0) is 37.3 Å². The van der Waals surface area contributed by atoms with Crippen molar-refractivity contribution in [3.8, 4) is 0 Å². The molecule has 0 bridgehead atoms. The van der Waals surface area contributed by atoms with E-state index in [9.17, 15) is 9.59 Å². The maximum absolute atomic E-state index is 12.9. The van der Waals surface area contributed by atoms with Crippen molar-refractivity contribution in [2.24, 2.45) is 16.7 Å². The molecule has 4 rings (SSSR count). The molecule has 3 saturated heterocycles. The van der Waals surface area contributed by atoms with E-state index in [0.29, 0.717) is 11.5 Å². The van der Waals surface area contributed by atoms with Crippen LogP contribution in [0.1, 0.15) is 43.5 Å². The van der Waals surface area contributed by atoms with Crippen LogP contribution in [0.3, 0.4) is 0 Å². The van der Waals surface area contributed by atoms with Gasteiger partial charge < -0.3 is 15.1 Å². The van der Waals surface area contributed by atoms with Crippen molar-refractivity contribution in [3.05, 3.63) is 30.1 Å². The lowest BCUT2D eigenvalue weighted by atomic mass is 9.60. The van der Waals surface area contributed by atoms with Crippen LogP contribution >= 0.6 is 0 Å². The molecule has 3 fully saturated rings. The number of nitrogens with one attached hydrogen (secondary N) is 1. The minimum Gasteiger partial charge on any atom is -0.356 e. The highest BCUT2D eigenvalue weighted by atomic mass is 16.2. The molecule has 0 radical (unpaired) electrons. The first kappa shape index (κ1) is 18.4. The first-order valence-electron chi connectivity index (χ1n) is 10.2. The molecule has 0 aromatic carbocycles. The second kappa shape index (κ2) is 6.89. The molecule has 2 amide bonds. The van der Waals surface area contributed by atoms with Gasteiger partial charge >= 0.3 is 0 Å². The van der Waals surface area contributed by atoms with Crippen molar-refractivity contribution in [2.45, 2.75) is 33.1 Å². The molecule has 0 saturated carbocycles. The summed E-state index contributed by atoms with van der Waals surface area (Å²) >= 11 is 0. The number of nitrogens with zero attached hydrogens (tertiary/aromatic N) is 3. The number of carbonyl (C=O) groups excluding carboxylic acids is 2. The molecule has 3 aliphatic rings. The molecule has 1 aromatic heterocycles. The van der Waals surface area contributed by atoms with Gasteiger partial charge in [-0.15, -0.1) is 0 Å². The lowest BCUT2D eigenvalue weighted by molar-refractivity contribution is -0.133. The highest BCUT2D eigenvalue weighted by Gasteiger charge is 2.63. The van der Waals surface area contributed by atoms with Crippen LogP contribution < -0.4 is 5.32 Å². The van der Waals surface area contributed by atoms with Gasteiger partial charge in [0, 0.05) is 57.1 Å². The second-order valence-electron chi connectivity index (χ2n) is 8.97. The van der Waals surface area contributed by atoms with E-state index in [1.165, 1.54) is 0 Å². The fourth-order valence-corrected chi connectivity index (χ4v) is 5.61. The van der Waals surface area contributed by atoms with Gasteiger partial charge in [-0.2, -0.15) is 0 Å². The van der Waals surface area contributed by atoms with E-state index >= 15 is 0 Å². The summed E-state index contributed by atoms with van der Waals surface area (Å²) in [7, 11) is 0. The number of fused-ring (bicyclic) bond motifs is 1. The molecule has 1 aromatic rings. The van der Waals surface area contributed by atoms with Gasteiger partial charge in [0.15, 0.2) is 0 Å². The number of carbonyl (C=O) groups is 2. The standard InChI is InChI=1S/C21H30N4O2/c1-16(2)13-24-14-20(21(15-24)5-9-23-19(21)27)6-10-25(11-7-20)18(26)17-4-3-8-22-12-17/h3-4,8,12,16H,5-7,9-11,13-15H2,1-2H3,(H,23,27). The van der Waals surface area contributed by atoms with Crippen LogP contribution in [-0.2, 0) is 4.79 Å². The first-order valence-corrected chi connectivity index (χ1v) is 10.2. The molecule has 1 N–H and O–H groups in total. The molecule has 1 unspecified atom stereocenters. The van der Waals surface area contributed by atoms with Gasteiger partial charge in [-0.25, -0.2) is 0 Å². The predicted octanol–water partition coefficient (Wildman–Crippen LogP) is 1.78. The largest absolute Gasteiger partial charge is 0.356 e. The smallest absolute Gasteiger partial charge is 0.255 e. The van der Waals surface area contributed by atoms with Crippen molar-refractivity contribution < 1.29 is 9.59 Å². The molecule has 146 valence electrons. The minimum absolute atomic E-state index is 0.00576. The third-order valence-corrected chi connectivity index (χ3v) is 6.85. The van der Waals surface area contributed by atoms with Crippen molar-refractivity contribution in [2.75, 3.05) is 39.3 Å². The molecular formula is C21H30N4O2. The molecule has 0 aliphatic carbocycles. The lowest BCUT2D eigenvalue weighted by Gasteiger charge is -2.46. The minimum atomic E-state index is -0.272. The van der Waals surface area contributed by atoms with Crippen LogP contribution in [0.25, 0.3) is 0 Å². The van der Waals surface area contributed by atoms with E-state index in [-0.39, 0.29) is 22.6 Å². The fraction of sp³-hybridized carbons (Fsp3) is 0.667. The van der Waals surface area contributed by atoms with Crippen molar-refractivity contribution in [1.29, 1.82) is 0 Å². The predicted molar refractivity (Wildman–Crippen MR) is 103 cm³/mol. The molecule has 1 atom stereocenters. The number of hydrogen-bond donors (Lipinski definition) is 1. The van der Waals surface area contributed by atoms with Crippen LogP contribution in [0.5, 0.6) is 0 Å². The van der Waals surface area contributed by atoms with Gasteiger partial charge in [-0.3, -0.25) is 14.6 Å². The number of amides is 2. The number of rotatable bonds is 3. The highest BCUT2D eigenvalue weighted by Crippen LogP contribution is 2.56. The topological polar surface area (TPSA) is 65.5 Å². The third-order valence-electron chi connectivity index (χ3n) is 6.85. The molecule has 6 heteroatoms. The molecular weight excluding hydrogens is 340 g/mol. The Balaban J connectivity index is 1.52. The lowest BCUT2D eigenvalue weighted by Crippen LogP contribution is -2.53. The Morgan fingerprint density at radius 1 is 1.26 bits per heavy atom. The van der Waals surface area contributed by atoms with Crippen molar-refractivity contribution >= 4 is 11.8 Å². The van der Waals surface area contributed by atoms with Gasteiger partial charge in [0.2, 0.25) is 5.91 Å². The Labute approximate surface area is 161 Å². The van der Waals surface area contributed by atoms with Crippen LogP contribution in [0.4, 0.5) is 0 Å². The van der Waals surface area contributed by atoms with Crippen LogP contribution in [0.15, 0.2) is 24.5 Å². The zero-order valence-electron chi connectivity index (χ0n) is 16.4. The maximum atomic E-state index is 12.9. The molecule has 3 aliphatic heterocycles. The van der Waals surface area contributed by atoms with Gasteiger partial charge in [-0.1, -0.05) is 13.8 Å². The van der Waals surface area contributed by atoms with E-state index in [1.807, 2.05) is 11.0 Å². The van der Waals surface area contributed by atoms with Gasteiger partial charge in [0.1, 0.15) is 0 Å². The number of piperidine rings is 1. The van der Waals surface area contributed by atoms with Crippen molar-refractivity contribution in [3.63, 3.8) is 0 Å². The van der Waals surface area contributed by atoms with E-state index in [0.717, 1.165) is 58.5 Å².